The van der Waals surface area contributed by atoms with Crippen LogP contribution < -0.4 is 9.64 Å². The van der Waals surface area contributed by atoms with E-state index in [1.807, 2.05) is 0 Å². The smallest absolute Gasteiger partial charge is 0.338 e. The van der Waals surface area contributed by atoms with Crippen molar-refractivity contribution in [2.75, 3.05) is 11.5 Å². The van der Waals surface area contributed by atoms with Crippen molar-refractivity contribution in [2.24, 2.45) is 0 Å². The summed E-state index contributed by atoms with van der Waals surface area (Å²) in [5, 5.41) is 0. The minimum absolute atomic E-state index is 0.0443. The van der Waals surface area contributed by atoms with Gasteiger partial charge in [0, 0.05) is 12.5 Å². The van der Waals surface area contributed by atoms with Gasteiger partial charge in [-0.2, -0.15) is 0 Å². The number of ether oxygens (including phenoxy) is 2. The van der Waals surface area contributed by atoms with Crippen LogP contribution >= 0.6 is 0 Å². The molecule has 164 valence electrons. The number of rotatable bonds is 6. The summed E-state index contributed by atoms with van der Waals surface area (Å²) in [6, 6.07) is 18.3. The van der Waals surface area contributed by atoms with E-state index in [0.717, 1.165) is 4.90 Å². The molecular weight excluding hydrogens is 426 g/mol. The Morgan fingerprint density at radius 1 is 0.788 bits per heavy atom. The number of nitrogens with zero attached hydrogens (tertiary/aromatic N) is 1. The number of imide groups is 1. The van der Waals surface area contributed by atoms with E-state index in [9.17, 15) is 24.0 Å². The first kappa shape index (κ1) is 21.6. The summed E-state index contributed by atoms with van der Waals surface area (Å²) < 4.78 is 9.99. The number of benzene rings is 3. The summed E-state index contributed by atoms with van der Waals surface area (Å²) in [6.07, 6.45) is 0. The van der Waals surface area contributed by atoms with Gasteiger partial charge in [0.25, 0.3) is 11.8 Å². The number of carbonyl (C=O) groups excluding carboxylic acids is 5. The van der Waals surface area contributed by atoms with Gasteiger partial charge in [0.2, 0.25) is 0 Å². The second-order valence-electron chi connectivity index (χ2n) is 7.16. The number of amides is 2. The number of para-hydroxylation sites is 1. The fraction of sp³-hybridized carbons (Fsp3) is 0.0800. The van der Waals surface area contributed by atoms with Crippen LogP contribution in [0.3, 0.4) is 0 Å². The van der Waals surface area contributed by atoms with Crippen molar-refractivity contribution in [3.63, 3.8) is 0 Å². The molecule has 0 aliphatic carbocycles. The van der Waals surface area contributed by atoms with Crippen LogP contribution in [0.25, 0.3) is 0 Å². The summed E-state index contributed by atoms with van der Waals surface area (Å²) in [6.45, 7) is 0.742. The number of hydrogen-bond donors (Lipinski definition) is 0. The van der Waals surface area contributed by atoms with Crippen LogP contribution in [0.5, 0.6) is 5.75 Å². The second-order valence-corrected chi connectivity index (χ2v) is 7.16. The molecule has 8 heteroatoms. The lowest BCUT2D eigenvalue weighted by atomic mass is 10.1. The maximum absolute atomic E-state index is 12.8. The second kappa shape index (κ2) is 8.88. The molecule has 0 saturated carbocycles. The van der Waals surface area contributed by atoms with E-state index in [2.05, 4.69) is 0 Å². The molecule has 1 heterocycles. The Bertz CT molecular complexity index is 1280. The monoisotopic (exact) mass is 443 g/mol. The summed E-state index contributed by atoms with van der Waals surface area (Å²) in [4.78, 5) is 62.2. The molecule has 8 nitrogen and oxygen atoms in total. The maximum atomic E-state index is 12.8. The highest BCUT2D eigenvalue weighted by atomic mass is 16.5. The zero-order valence-electron chi connectivity index (χ0n) is 17.4. The van der Waals surface area contributed by atoms with Crippen LogP contribution in [0.1, 0.15) is 48.4 Å². The van der Waals surface area contributed by atoms with E-state index in [1.54, 1.807) is 30.3 Å². The molecule has 0 radical (unpaired) electrons. The molecule has 0 saturated heterocycles. The van der Waals surface area contributed by atoms with E-state index in [-0.39, 0.29) is 28.0 Å². The Morgan fingerprint density at radius 2 is 1.42 bits per heavy atom. The molecule has 0 fully saturated rings. The predicted molar refractivity (Wildman–Crippen MR) is 116 cm³/mol. The van der Waals surface area contributed by atoms with Crippen molar-refractivity contribution in [1.82, 2.24) is 0 Å². The van der Waals surface area contributed by atoms with Gasteiger partial charge in [-0.3, -0.25) is 19.2 Å². The SMILES string of the molecule is CC(=O)Oc1ccc(C(=O)COC(=O)c2ccc3c(c2)C(=O)N(c2ccccc2)C3=O)cc1. The van der Waals surface area contributed by atoms with Crippen molar-refractivity contribution in [3.05, 3.63) is 95.1 Å². The molecule has 0 atom stereocenters. The van der Waals surface area contributed by atoms with Crippen LogP contribution in [-0.4, -0.2) is 36.1 Å². The van der Waals surface area contributed by atoms with Crippen LogP contribution in [0, 0.1) is 0 Å². The van der Waals surface area contributed by atoms with Crippen molar-refractivity contribution < 1.29 is 33.4 Å². The minimum atomic E-state index is -0.805. The normalized spacial score (nSPS) is 12.3. The van der Waals surface area contributed by atoms with Crippen molar-refractivity contribution in [2.45, 2.75) is 6.92 Å². The topological polar surface area (TPSA) is 107 Å². The summed E-state index contributed by atoms with van der Waals surface area (Å²) in [7, 11) is 0. The van der Waals surface area contributed by atoms with Crippen molar-refractivity contribution >= 4 is 35.2 Å². The number of fused-ring (bicyclic) bond motifs is 1. The van der Waals surface area contributed by atoms with Crippen molar-refractivity contribution in [1.29, 1.82) is 0 Å². The molecule has 1 aliphatic heterocycles. The van der Waals surface area contributed by atoms with Gasteiger partial charge in [-0.05, 0) is 54.6 Å². The third-order valence-electron chi connectivity index (χ3n) is 4.91. The number of anilines is 1. The van der Waals surface area contributed by atoms with Crippen LogP contribution in [-0.2, 0) is 9.53 Å². The molecule has 4 rings (SSSR count). The van der Waals surface area contributed by atoms with Crippen molar-refractivity contribution in [3.8, 4) is 5.75 Å². The van der Waals surface area contributed by atoms with Gasteiger partial charge in [-0.15, -0.1) is 0 Å². The van der Waals surface area contributed by atoms with Gasteiger partial charge in [0.15, 0.2) is 12.4 Å². The Labute approximate surface area is 188 Å². The van der Waals surface area contributed by atoms with E-state index in [0.29, 0.717) is 5.69 Å². The Morgan fingerprint density at radius 3 is 2.09 bits per heavy atom. The van der Waals surface area contributed by atoms with Crippen LogP contribution in [0.15, 0.2) is 72.8 Å². The average molecular weight is 443 g/mol. The third-order valence-corrected chi connectivity index (χ3v) is 4.91. The Kier molecular flexibility index (Phi) is 5.82. The van der Waals surface area contributed by atoms with Gasteiger partial charge in [0.05, 0.1) is 22.4 Å². The fourth-order valence-electron chi connectivity index (χ4n) is 3.35. The zero-order chi connectivity index (χ0) is 23.5. The molecule has 1 aliphatic rings. The lowest BCUT2D eigenvalue weighted by Crippen LogP contribution is -2.29. The highest BCUT2D eigenvalue weighted by Gasteiger charge is 2.37. The molecule has 0 N–H and O–H groups in total. The lowest BCUT2D eigenvalue weighted by molar-refractivity contribution is -0.131. The zero-order valence-corrected chi connectivity index (χ0v) is 17.4. The van der Waals surface area contributed by atoms with Gasteiger partial charge in [0.1, 0.15) is 5.75 Å². The van der Waals surface area contributed by atoms with Gasteiger partial charge in [-0.25, -0.2) is 9.69 Å². The summed E-state index contributed by atoms with van der Waals surface area (Å²) >= 11 is 0. The molecule has 0 bridgehead atoms. The fourth-order valence-corrected chi connectivity index (χ4v) is 3.35. The van der Waals surface area contributed by atoms with Crippen LogP contribution in [0.2, 0.25) is 0 Å². The standard InChI is InChI=1S/C25H17NO7/c1-15(27)33-19-10-7-16(8-11-19)22(28)14-32-25(31)17-9-12-20-21(13-17)24(30)26(23(20)29)18-5-3-2-4-6-18/h2-13H,14H2,1H3. The number of esters is 2. The van der Waals surface area contributed by atoms with Crippen LogP contribution in [0.4, 0.5) is 5.69 Å². The van der Waals surface area contributed by atoms with E-state index in [1.165, 1.54) is 49.4 Å². The third kappa shape index (κ3) is 4.40. The molecule has 0 aromatic heterocycles. The number of Topliss-reactive ketones (excluding diaryl/α,β-unsaturated/α-hetero) is 1. The van der Waals surface area contributed by atoms with Gasteiger partial charge in [-0.1, -0.05) is 18.2 Å². The summed E-state index contributed by atoms with van der Waals surface area (Å²) in [5.74, 6) is -2.47. The van der Waals surface area contributed by atoms with E-state index < -0.39 is 36.1 Å². The first-order valence-corrected chi connectivity index (χ1v) is 9.92. The number of ketones is 1. The minimum Gasteiger partial charge on any atom is -0.454 e. The summed E-state index contributed by atoms with van der Waals surface area (Å²) in [5.41, 5.74) is 1.02. The quantitative estimate of drug-likeness (QED) is 0.249. The largest absolute Gasteiger partial charge is 0.454 e. The predicted octanol–water partition coefficient (Wildman–Crippen LogP) is 3.45. The molecule has 3 aromatic rings. The highest BCUT2D eigenvalue weighted by Crippen LogP contribution is 2.29. The molecule has 0 spiro atoms. The van der Waals surface area contributed by atoms with Gasteiger partial charge < -0.3 is 9.47 Å². The van der Waals surface area contributed by atoms with E-state index >= 15 is 0 Å². The molecule has 0 unspecified atom stereocenters. The molecule has 3 aromatic carbocycles. The number of carbonyl (C=O) groups is 5. The molecular formula is C25H17NO7. The Hall–Kier alpha value is -4.59. The Balaban J connectivity index is 1.44. The maximum Gasteiger partial charge on any atom is 0.338 e. The lowest BCUT2D eigenvalue weighted by Gasteiger charge is -2.13. The number of hydrogen-bond acceptors (Lipinski definition) is 7. The average Bonchev–Trinajstić information content (AvgIpc) is 3.07. The van der Waals surface area contributed by atoms with Gasteiger partial charge >= 0.3 is 11.9 Å². The first-order chi connectivity index (χ1) is 15.8. The first-order valence-electron chi connectivity index (χ1n) is 9.92. The van der Waals surface area contributed by atoms with E-state index in [4.69, 9.17) is 9.47 Å². The molecule has 2 amide bonds. The highest BCUT2D eigenvalue weighted by molar-refractivity contribution is 6.34. The molecule has 33 heavy (non-hydrogen) atoms.